The summed E-state index contributed by atoms with van der Waals surface area (Å²) in [5, 5.41) is 0. The van der Waals surface area contributed by atoms with Gasteiger partial charge in [-0.25, -0.2) is 8.78 Å². The Hall–Kier alpha value is -1.36. The van der Waals surface area contributed by atoms with E-state index in [1.165, 1.54) is 6.92 Å². The molecule has 1 saturated heterocycles. The lowest BCUT2D eigenvalue weighted by molar-refractivity contribution is -0.0583. The number of rotatable bonds is 3. The van der Waals surface area contributed by atoms with Crippen LogP contribution >= 0.6 is 0 Å². The number of morpholine rings is 1. The molecule has 1 heterocycles. The molecule has 0 radical (unpaired) electrons. The minimum Gasteiger partial charge on any atom is -0.399 e. The Labute approximate surface area is 107 Å². The van der Waals surface area contributed by atoms with Crippen LogP contribution in [0.15, 0.2) is 35.7 Å². The molecule has 2 atom stereocenters. The van der Waals surface area contributed by atoms with Crippen LogP contribution in [0.3, 0.4) is 0 Å². The van der Waals surface area contributed by atoms with Gasteiger partial charge < -0.3 is 15.4 Å². The molecule has 0 unspecified atom stereocenters. The highest BCUT2D eigenvalue weighted by Crippen LogP contribution is 2.26. The number of hydrogen-bond acceptors (Lipinski definition) is 3. The van der Waals surface area contributed by atoms with E-state index in [1.54, 1.807) is 4.90 Å². The van der Waals surface area contributed by atoms with Crippen molar-refractivity contribution >= 4 is 0 Å². The van der Waals surface area contributed by atoms with Gasteiger partial charge in [-0.1, -0.05) is 6.58 Å². The molecule has 1 aliphatic rings. The van der Waals surface area contributed by atoms with Crippen molar-refractivity contribution in [1.29, 1.82) is 0 Å². The van der Waals surface area contributed by atoms with Crippen molar-refractivity contribution in [2.45, 2.75) is 33.0 Å². The quantitative estimate of drug-likeness (QED) is 0.791. The average molecular weight is 258 g/mol. The molecule has 0 amide bonds. The first-order valence-electron chi connectivity index (χ1n) is 5.90. The first-order chi connectivity index (χ1) is 8.31. The van der Waals surface area contributed by atoms with Crippen LogP contribution in [0, 0.1) is 0 Å². The van der Waals surface area contributed by atoms with Crippen molar-refractivity contribution in [2.24, 2.45) is 5.73 Å². The molecule has 18 heavy (non-hydrogen) atoms. The van der Waals surface area contributed by atoms with Gasteiger partial charge in [0, 0.05) is 18.8 Å². The summed E-state index contributed by atoms with van der Waals surface area (Å²) in [6.07, 6.45) is 0.886. The van der Waals surface area contributed by atoms with Crippen LogP contribution in [-0.4, -0.2) is 30.2 Å². The normalized spacial score (nSPS) is 26.9. The average Bonchev–Trinajstić information content (AvgIpc) is 2.13. The van der Waals surface area contributed by atoms with Gasteiger partial charge >= 0.3 is 0 Å². The van der Waals surface area contributed by atoms with Gasteiger partial charge in [-0.05, 0) is 26.8 Å². The molecule has 0 bridgehead atoms. The van der Waals surface area contributed by atoms with Crippen molar-refractivity contribution in [1.82, 2.24) is 4.90 Å². The zero-order valence-electron chi connectivity index (χ0n) is 11.0. The van der Waals surface area contributed by atoms with E-state index in [9.17, 15) is 8.78 Å². The lowest BCUT2D eigenvalue weighted by atomic mass is 10.2. The van der Waals surface area contributed by atoms with Crippen molar-refractivity contribution in [2.75, 3.05) is 13.1 Å². The van der Waals surface area contributed by atoms with Gasteiger partial charge in [0.2, 0.25) is 0 Å². The summed E-state index contributed by atoms with van der Waals surface area (Å²) >= 11 is 0. The third-order valence-electron chi connectivity index (χ3n) is 2.60. The van der Waals surface area contributed by atoms with Gasteiger partial charge in [-0.15, -0.1) is 0 Å². The number of ether oxygens (including phenoxy) is 1. The second-order valence-corrected chi connectivity index (χ2v) is 4.61. The topological polar surface area (TPSA) is 38.5 Å². The van der Waals surface area contributed by atoms with Crippen molar-refractivity contribution in [3.63, 3.8) is 0 Å². The molecule has 0 aromatic rings. The van der Waals surface area contributed by atoms with Crippen LogP contribution in [0.2, 0.25) is 0 Å². The van der Waals surface area contributed by atoms with E-state index in [4.69, 9.17) is 10.5 Å². The molecule has 1 aliphatic heterocycles. The number of nitrogens with zero attached hydrogens (tertiary/aromatic N) is 1. The molecular formula is C13H20F2N2O. The molecule has 2 N–H and O–H groups in total. The first-order valence-corrected chi connectivity index (χ1v) is 5.90. The lowest BCUT2D eigenvalue weighted by Crippen LogP contribution is -2.45. The van der Waals surface area contributed by atoms with Crippen LogP contribution in [0.4, 0.5) is 8.78 Å². The van der Waals surface area contributed by atoms with Crippen LogP contribution in [0.5, 0.6) is 0 Å². The van der Waals surface area contributed by atoms with Crippen molar-refractivity contribution < 1.29 is 13.5 Å². The largest absolute Gasteiger partial charge is 0.399 e. The van der Waals surface area contributed by atoms with Crippen molar-refractivity contribution in [3.8, 4) is 0 Å². The highest BCUT2D eigenvalue weighted by molar-refractivity contribution is 5.31. The predicted molar refractivity (Wildman–Crippen MR) is 67.9 cm³/mol. The summed E-state index contributed by atoms with van der Waals surface area (Å²) in [6.45, 7) is 9.25. The van der Waals surface area contributed by atoms with Gasteiger partial charge in [0.15, 0.2) is 5.83 Å². The van der Waals surface area contributed by atoms with E-state index in [-0.39, 0.29) is 23.6 Å². The van der Waals surface area contributed by atoms with E-state index in [2.05, 4.69) is 6.58 Å². The molecule has 0 saturated carbocycles. The van der Waals surface area contributed by atoms with Crippen molar-refractivity contribution in [3.05, 3.63) is 35.7 Å². The van der Waals surface area contributed by atoms with Gasteiger partial charge in [0.1, 0.15) is 11.5 Å². The third kappa shape index (κ3) is 3.84. The number of halogens is 2. The summed E-state index contributed by atoms with van der Waals surface area (Å²) < 4.78 is 33.0. The molecule has 5 heteroatoms. The fourth-order valence-corrected chi connectivity index (χ4v) is 2.13. The number of hydrogen-bond donors (Lipinski definition) is 1. The number of nitrogens with two attached hydrogens (primary N) is 1. The molecule has 0 spiro atoms. The maximum Gasteiger partial charge on any atom is 0.151 e. The second kappa shape index (κ2) is 6.00. The third-order valence-corrected chi connectivity index (χ3v) is 2.60. The van der Waals surface area contributed by atoms with Gasteiger partial charge in [-0.3, -0.25) is 0 Å². The minimum atomic E-state index is -0.705. The summed E-state index contributed by atoms with van der Waals surface area (Å²) in [7, 11) is 0. The van der Waals surface area contributed by atoms with Crippen LogP contribution in [0.25, 0.3) is 0 Å². The SMILES string of the molecule is C=C(N)/C=C(F)\C(=C(/C)F)N1C[C@@H](C)O[C@@H](C)C1. The summed E-state index contributed by atoms with van der Waals surface area (Å²) in [6, 6.07) is 0. The standard InChI is InChI=1S/C13H20F2N2O/c1-8(16)5-12(15)13(11(4)14)17-6-9(2)18-10(3)7-17/h5,9-10H,1,6-7,16H2,2-4H3/b12-5+,13-11-/t9-,10+. The summed E-state index contributed by atoms with van der Waals surface area (Å²) in [5.41, 5.74) is 5.31. The highest BCUT2D eigenvalue weighted by atomic mass is 19.1. The van der Waals surface area contributed by atoms with Crippen LogP contribution in [-0.2, 0) is 4.74 Å². The Balaban J connectivity index is 3.00. The predicted octanol–water partition coefficient (Wildman–Crippen LogP) is 2.62. The zero-order chi connectivity index (χ0) is 13.9. The number of allylic oxidation sites excluding steroid dienone is 3. The van der Waals surface area contributed by atoms with E-state index in [0.29, 0.717) is 13.1 Å². The molecule has 1 fully saturated rings. The lowest BCUT2D eigenvalue weighted by Gasteiger charge is -2.37. The molecule has 1 rings (SSSR count). The Morgan fingerprint density at radius 2 is 1.83 bits per heavy atom. The van der Waals surface area contributed by atoms with E-state index in [0.717, 1.165) is 6.08 Å². The van der Waals surface area contributed by atoms with Gasteiger partial charge in [0.05, 0.1) is 12.2 Å². The Kier molecular flexibility index (Phi) is 4.90. The Bertz CT molecular complexity index is 376. The maximum atomic E-state index is 13.9. The second-order valence-electron chi connectivity index (χ2n) is 4.61. The van der Waals surface area contributed by atoms with E-state index >= 15 is 0 Å². The Morgan fingerprint density at radius 1 is 1.33 bits per heavy atom. The fourth-order valence-electron chi connectivity index (χ4n) is 2.13. The van der Waals surface area contributed by atoms with Gasteiger partial charge in [0.25, 0.3) is 0 Å². The smallest absolute Gasteiger partial charge is 0.151 e. The molecule has 0 aliphatic carbocycles. The highest BCUT2D eigenvalue weighted by Gasteiger charge is 2.27. The summed E-state index contributed by atoms with van der Waals surface area (Å²) in [4.78, 5) is 1.64. The summed E-state index contributed by atoms with van der Waals surface area (Å²) in [5.74, 6) is -1.28. The van der Waals surface area contributed by atoms with Crippen LogP contribution < -0.4 is 5.73 Å². The van der Waals surface area contributed by atoms with E-state index < -0.39 is 11.7 Å². The monoisotopic (exact) mass is 258 g/mol. The molecule has 3 nitrogen and oxygen atoms in total. The van der Waals surface area contributed by atoms with Gasteiger partial charge in [-0.2, -0.15) is 0 Å². The van der Waals surface area contributed by atoms with Crippen LogP contribution in [0.1, 0.15) is 20.8 Å². The molecule has 0 aromatic heterocycles. The van der Waals surface area contributed by atoms with E-state index in [1.807, 2.05) is 13.8 Å². The molecule has 102 valence electrons. The Morgan fingerprint density at radius 3 is 2.22 bits per heavy atom. The maximum absolute atomic E-state index is 13.9. The minimum absolute atomic E-state index is 0.0561. The zero-order valence-corrected chi connectivity index (χ0v) is 11.0. The molecular weight excluding hydrogens is 238 g/mol. The first kappa shape index (κ1) is 14.7. The fraction of sp³-hybridized carbons (Fsp3) is 0.538. The molecule has 0 aromatic carbocycles.